The Morgan fingerprint density at radius 2 is 1.92 bits per heavy atom. The third kappa shape index (κ3) is 9.14. The number of rotatable bonds is 7. The fourth-order valence-corrected chi connectivity index (χ4v) is 0.928. The van der Waals surface area contributed by atoms with E-state index >= 15 is 0 Å². The maximum Gasteiger partial charge on any atom is 0.207 e. The minimum absolute atomic E-state index is 0.0598. The summed E-state index contributed by atoms with van der Waals surface area (Å²) < 4.78 is 0. The van der Waals surface area contributed by atoms with Crippen LogP contribution in [0.4, 0.5) is 0 Å². The predicted octanol–water partition coefficient (Wildman–Crippen LogP) is 2.79. The van der Waals surface area contributed by atoms with E-state index in [1.807, 2.05) is 12.2 Å². The largest absolute Gasteiger partial charge is 0.265 e. The third-order valence-electron chi connectivity index (χ3n) is 1.62. The van der Waals surface area contributed by atoms with Gasteiger partial charge in [-0.2, -0.15) is 0 Å². The van der Waals surface area contributed by atoms with Crippen molar-refractivity contribution in [2.24, 2.45) is 0 Å². The first kappa shape index (κ1) is 11.1. The van der Waals surface area contributed by atoms with Gasteiger partial charge in [-0.05, 0) is 12.8 Å². The lowest BCUT2D eigenvalue weighted by Gasteiger charge is -1.91. The van der Waals surface area contributed by atoms with E-state index in [-0.39, 0.29) is 11.5 Å². The van der Waals surface area contributed by atoms with Crippen LogP contribution in [-0.2, 0) is 0 Å². The van der Waals surface area contributed by atoms with Gasteiger partial charge in [-0.3, -0.25) is 10.1 Å². The molecule has 0 fully saturated rings. The molecule has 0 atom stereocenters. The van der Waals surface area contributed by atoms with Crippen LogP contribution < -0.4 is 0 Å². The Morgan fingerprint density at radius 3 is 2.50 bits per heavy atom. The molecule has 0 aromatic rings. The smallest absolute Gasteiger partial charge is 0.207 e. The average molecular weight is 171 g/mol. The standard InChI is InChI=1S/C9H17NO2/c1-2-3-4-5-6-7-8-9-10(11)12/h6-7H,2-5,8-9H2,1H3/b7-6+. The van der Waals surface area contributed by atoms with Crippen LogP contribution in [0.5, 0.6) is 0 Å². The van der Waals surface area contributed by atoms with Crippen LogP contribution in [0.2, 0.25) is 0 Å². The molecule has 0 rings (SSSR count). The average Bonchev–Trinajstić information content (AvgIpc) is 2.02. The van der Waals surface area contributed by atoms with Crippen molar-refractivity contribution >= 4 is 0 Å². The van der Waals surface area contributed by atoms with Gasteiger partial charge in [0.15, 0.2) is 0 Å². The van der Waals surface area contributed by atoms with E-state index in [1.54, 1.807) is 0 Å². The summed E-state index contributed by atoms with van der Waals surface area (Å²) in [5, 5.41) is 9.91. The Morgan fingerprint density at radius 1 is 1.25 bits per heavy atom. The molecule has 0 radical (unpaired) electrons. The van der Waals surface area contributed by atoms with Crippen molar-refractivity contribution in [3.8, 4) is 0 Å². The molecule has 0 saturated heterocycles. The number of allylic oxidation sites excluding steroid dienone is 1. The normalized spacial score (nSPS) is 10.8. The Bertz CT molecular complexity index is 143. The van der Waals surface area contributed by atoms with Gasteiger partial charge in [0.25, 0.3) is 0 Å². The summed E-state index contributed by atoms with van der Waals surface area (Å²) in [5.74, 6) is 0. The van der Waals surface area contributed by atoms with Gasteiger partial charge in [-0.15, -0.1) is 0 Å². The van der Waals surface area contributed by atoms with Crippen molar-refractivity contribution in [2.45, 2.75) is 39.0 Å². The van der Waals surface area contributed by atoms with Crippen LogP contribution in [0.3, 0.4) is 0 Å². The van der Waals surface area contributed by atoms with Crippen LogP contribution in [0.1, 0.15) is 39.0 Å². The molecule has 0 saturated carbocycles. The summed E-state index contributed by atoms with van der Waals surface area (Å²) in [7, 11) is 0. The minimum atomic E-state index is -0.281. The van der Waals surface area contributed by atoms with E-state index in [1.165, 1.54) is 19.3 Å². The number of hydrogen-bond acceptors (Lipinski definition) is 2. The number of hydrogen-bond donors (Lipinski definition) is 0. The van der Waals surface area contributed by atoms with E-state index in [4.69, 9.17) is 0 Å². The highest BCUT2D eigenvalue weighted by Crippen LogP contribution is 1.99. The molecule has 3 heteroatoms. The first-order valence-corrected chi connectivity index (χ1v) is 4.54. The number of nitrogens with zero attached hydrogens (tertiary/aromatic N) is 1. The SMILES string of the molecule is CCCCC/C=C/CC[N+](=O)[O-]. The van der Waals surface area contributed by atoms with Crippen molar-refractivity contribution in [1.82, 2.24) is 0 Å². The van der Waals surface area contributed by atoms with Crippen LogP contribution in [0, 0.1) is 10.1 Å². The van der Waals surface area contributed by atoms with Crippen molar-refractivity contribution in [2.75, 3.05) is 6.54 Å². The van der Waals surface area contributed by atoms with Gasteiger partial charge in [-0.25, -0.2) is 0 Å². The fraction of sp³-hybridized carbons (Fsp3) is 0.778. The van der Waals surface area contributed by atoms with Crippen LogP contribution in [0.15, 0.2) is 12.2 Å². The summed E-state index contributed by atoms with van der Waals surface area (Å²) >= 11 is 0. The summed E-state index contributed by atoms with van der Waals surface area (Å²) in [4.78, 5) is 9.62. The molecule has 0 aliphatic rings. The van der Waals surface area contributed by atoms with Crippen molar-refractivity contribution in [1.29, 1.82) is 0 Å². The summed E-state index contributed by atoms with van der Waals surface area (Å²) in [6.07, 6.45) is 9.25. The molecular weight excluding hydrogens is 154 g/mol. The lowest BCUT2D eigenvalue weighted by atomic mass is 10.2. The fourth-order valence-electron chi connectivity index (χ4n) is 0.928. The molecule has 12 heavy (non-hydrogen) atoms. The molecule has 0 N–H and O–H groups in total. The monoisotopic (exact) mass is 171 g/mol. The molecule has 0 aliphatic heterocycles. The van der Waals surface area contributed by atoms with E-state index in [9.17, 15) is 10.1 Å². The van der Waals surface area contributed by atoms with Gasteiger partial charge in [-0.1, -0.05) is 31.9 Å². The molecule has 70 valence electrons. The highest BCUT2D eigenvalue weighted by atomic mass is 16.6. The van der Waals surface area contributed by atoms with E-state index < -0.39 is 0 Å². The molecule has 0 spiro atoms. The van der Waals surface area contributed by atoms with E-state index in [2.05, 4.69) is 6.92 Å². The Kier molecular flexibility index (Phi) is 7.65. The van der Waals surface area contributed by atoms with Gasteiger partial charge in [0.2, 0.25) is 6.54 Å². The van der Waals surface area contributed by atoms with E-state index in [0.29, 0.717) is 6.42 Å². The lowest BCUT2D eigenvalue weighted by molar-refractivity contribution is -0.478. The third-order valence-corrected chi connectivity index (χ3v) is 1.62. The van der Waals surface area contributed by atoms with Gasteiger partial charge < -0.3 is 0 Å². The van der Waals surface area contributed by atoms with Crippen LogP contribution in [-0.4, -0.2) is 11.5 Å². The highest BCUT2D eigenvalue weighted by Gasteiger charge is 1.90. The second kappa shape index (κ2) is 8.24. The van der Waals surface area contributed by atoms with E-state index in [0.717, 1.165) is 6.42 Å². The molecule has 0 aromatic heterocycles. The van der Waals surface area contributed by atoms with Crippen LogP contribution in [0.25, 0.3) is 0 Å². The highest BCUT2D eigenvalue weighted by molar-refractivity contribution is 4.80. The number of nitro groups is 1. The topological polar surface area (TPSA) is 43.1 Å². The predicted molar refractivity (Wildman–Crippen MR) is 49.8 cm³/mol. The Labute approximate surface area is 73.6 Å². The minimum Gasteiger partial charge on any atom is -0.265 e. The summed E-state index contributed by atoms with van der Waals surface area (Å²) in [5.41, 5.74) is 0. The second-order valence-electron chi connectivity index (χ2n) is 2.81. The zero-order chi connectivity index (χ0) is 9.23. The maximum atomic E-state index is 9.91. The molecule has 0 aliphatic carbocycles. The summed E-state index contributed by atoms with van der Waals surface area (Å²) in [6, 6.07) is 0. The molecule has 3 nitrogen and oxygen atoms in total. The first-order valence-electron chi connectivity index (χ1n) is 4.54. The molecule has 0 heterocycles. The molecule has 0 amide bonds. The Hall–Kier alpha value is -0.860. The van der Waals surface area contributed by atoms with Crippen molar-refractivity contribution in [3.05, 3.63) is 22.3 Å². The maximum absolute atomic E-state index is 9.91. The zero-order valence-corrected chi connectivity index (χ0v) is 7.66. The quantitative estimate of drug-likeness (QED) is 0.256. The van der Waals surface area contributed by atoms with Crippen molar-refractivity contribution in [3.63, 3.8) is 0 Å². The first-order chi connectivity index (χ1) is 5.77. The second-order valence-corrected chi connectivity index (χ2v) is 2.81. The van der Waals surface area contributed by atoms with Gasteiger partial charge in [0.05, 0.1) is 0 Å². The van der Waals surface area contributed by atoms with Crippen LogP contribution >= 0.6 is 0 Å². The van der Waals surface area contributed by atoms with Gasteiger partial charge in [0, 0.05) is 11.3 Å². The van der Waals surface area contributed by atoms with Crippen molar-refractivity contribution < 1.29 is 4.92 Å². The molecule has 0 bridgehead atoms. The molecule has 0 aromatic carbocycles. The van der Waals surface area contributed by atoms with Gasteiger partial charge in [0.1, 0.15) is 0 Å². The zero-order valence-electron chi connectivity index (χ0n) is 7.66. The lowest BCUT2D eigenvalue weighted by Crippen LogP contribution is -1.97. The summed E-state index contributed by atoms with van der Waals surface area (Å²) in [6.45, 7) is 2.22. The number of unbranched alkanes of at least 4 members (excludes halogenated alkanes) is 3. The Balaban J connectivity index is 3.09. The molecule has 0 unspecified atom stereocenters. The molecular formula is C9H17NO2. The van der Waals surface area contributed by atoms with Gasteiger partial charge >= 0.3 is 0 Å².